The molecule has 3 N–H and O–H groups in total. The third-order valence-corrected chi connectivity index (χ3v) is 7.86. The van der Waals surface area contributed by atoms with Gasteiger partial charge in [-0.05, 0) is 114 Å². The molecule has 1 fully saturated rings. The topological polar surface area (TPSA) is 112 Å². The third kappa shape index (κ3) is 11.6. The third-order valence-electron chi connectivity index (χ3n) is 7.86. The molecule has 1 aliphatic heterocycles. The van der Waals surface area contributed by atoms with Crippen molar-refractivity contribution in [2.75, 3.05) is 48.7 Å². The van der Waals surface area contributed by atoms with Crippen molar-refractivity contribution in [2.24, 2.45) is 5.92 Å². The molecule has 0 bridgehead atoms. The van der Waals surface area contributed by atoms with Gasteiger partial charge in [-0.15, -0.1) is 0 Å². The number of amides is 4. The summed E-state index contributed by atoms with van der Waals surface area (Å²) in [5.41, 5.74) is 2.25. The largest absolute Gasteiger partial charge is 0.494 e. The summed E-state index contributed by atoms with van der Waals surface area (Å²) in [6.07, 6.45) is 2.68. The number of likely N-dealkylation sites (tertiary alicyclic amines) is 1. The van der Waals surface area contributed by atoms with Gasteiger partial charge in [-0.2, -0.15) is 0 Å². The summed E-state index contributed by atoms with van der Waals surface area (Å²) in [4.78, 5) is 43.3. The van der Waals surface area contributed by atoms with E-state index in [-0.39, 0.29) is 11.9 Å². The number of piperidine rings is 1. The molecule has 1 saturated heterocycles. The molecule has 10 heteroatoms. The summed E-state index contributed by atoms with van der Waals surface area (Å²) >= 11 is 0. The summed E-state index contributed by atoms with van der Waals surface area (Å²) < 4.78 is 11.0. The van der Waals surface area contributed by atoms with E-state index in [1.165, 1.54) is 12.8 Å². The highest BCUT2D eigenvalue weighted by Crippen LogP contribution is 2.24. The standard InChI is InChI=1S/C37H49N5O5/c1-6-46-31-12-9-11-30(25-31)38-35(44)42(22-10-21-41-23-19-27(2)20-24-41)26-28-15-17-29(18-16-28)34(43)39-32-13-7-8-14-33(32)40-36(45)47-37(3,4)5/h7-9,11-18,25,27H,6,10,19-24,26H2,1-5H3,(H,38,44)(H,39,43)(H,40,45). The number of nitrogens with one attached hydrogen (secondary N) is 3. The summed E-state index contributed by atoms with van der Waals surface area (Å²) in [5, 5.41) is 8.61. The minimum atomic E-state index is -0.652. The average Bonchev–Trinajstić information content (AvgIpc) is 3.02. The Kier molecular flexibility index (Phi) is 12.6. The number of hydrogen-bond donors (Lipinski definition) is 3. The van der Waals surface area contributed by atoms with Crippen molar-refractivity contribution < 1.29 is 23.9 Å². The van der Waals surface area contributed by atoms with Crippen molar-refractivity contribution in [1.82, 2.24) is 9.80 Å². The van der Waals surface area contributed by atoms with Gasteiger partial charge in [0.2, 0.25) is 0 Å². The Balaban J connectivity index is 1.41. The number of benzene rings is 3. The van der Waals surface area contributed by atoms with E-state index in [1.807, 2.05) is 48.2 Å². The number of ether oxygens (including phenoxy) is 2. The van der Waals surface area contributed by atoms with Gasteiger partial charge < -0.3 is 29.9 Å². The zero-order valence-electron chi connectivity index (χ0n) is 28.3. The van der Waals surface area contributed by atoms with Crippen LogP contribution in [-0.2, 0) is 11.3 Å². The molecule has 3 aromatic carbocycles. The Bertz CT molecular complexity index is 1480. The van der Waals surface area contributed by atoms with E-state index in [1.54, 1.807) is 57.2 Å². The molecule has 252 valence electrons. The summed E-state index contributed by atoms with van der Waals surface area (Å²) in [7, 11) is 0. The van der Waals surface area contributed by atoms with Crippen LogP contribution in [0.1, 0.15) is 69.8 Å². The molecule has 1 heterocycles. The SMILES string of the molecule is CCOc1cccc(NC(=O)N(CCCN2CCC(C)CC2)Cc2ccc(C(=O)Nc3ccccc3NC(=O)OC(C)(C)C)cc2)c1. The van der Waals surface area contributed by atoms with E-state index in [2.05, 4.69) is 27.8 Å². The van der Waals surface area contributed by atoms with Crippen LogP contribution >= 0.6 is 0 Å². The summed E-state index contributed by atoms with van der Waals surface area (Å²) in [6, 6.07) is 21.4. The van der Waals surface area contributed by atoms with Crippen LogP contribution in [0.2, 0.25) is 0 Å². The Morgan fingerprint density at radius 2 is 1.57 bits per heavy atom. The van der Waals surface area contributed by atoms with E-state index in [0.29, 0.717) is 48.1 Å². The number of carbonyl (C=O) groups excluding carboxylic acids is 3. The predicted molar refractivity (Wildman–Crippen MR) is 187 cm³/mol. The monoisotopic (exact) mass is 643 g/mol. The molecule has 0 radical (unpaired) electrons. The number of para-hydroxylation sites is 2. The maximum atomic E-state index is 13.5. The molecule has 0 saturated carbocycles. The normalized spacial score (nSPS) is 13.8. The van der Waals surface area contributed by atoms with Gasteiger partial charge >= 0.3 is 12.1 Å². The molecule has 0 unspecified atom stereocenters. The second-order valence-electron chi connectivity index (χ2n) is 13.0. The predicted octanol–water partition coefficient (Wildman–Crippen LogP) is 7.84. The smallest absolute Gasteiger partial charge is 0.412 e. The Labute approximate surface area is 278 Å². The Morgan fingerprint density at radius 3 is 2.23 bits per heavy atom. The van der Waals surface area contributed by atoms with Gasteiger partial charge in [0.1, 0.15) is 11.4 Å². The zero-order valence-corrected chi connectivity index (χ0v) is 28.3. The molecule has 10 nitrogen and oxygen atoms in total. The second-order valence-corrected chi connectivity index (χ2v) is 13.0. The highest BCUT2D eigenvalue weighted by atomic mass is 16.6. The van der Waals surface area contributed by atoms with Crippen molar-refractivity contribution >= 4 is 35.1 Å². The second kappa shape index (κ2) is 16.8. The van der Waals surface area contributed by atoms with Crippen LogP contribution in [0.25, 0.3) is 0 Å². The van der Waals surface area contributed by atoms with E-state index >= 15 is 0 Å². The van der Waals surface area contributed by atoms with Crippen molar-refractivity contribution in [3.05, 3.63) is 83.9 Å². The molecule has 0 atom stereocenters. The zero-order chi connectivity index (χ0) is 33.8. The molecular weight excluding hydrogens is 594 g/mol. The molecule has 0 spiro atoms. The first-order chi connectivity index (χ1) is 22.5. The maximum Gasteiger partial charge on any atom is 0.412 e. The lowest BCUT2D eigenvalue weighted by Gasteiger charge is -2.31. The lowest BCUT2D eigenvalue weighted by molar-refractivity contribution is 0.0635. The van der Waals surface area contributed by atoms with Crippen LogP contribution in [0.4, 0.5) is 26.7 Å². The minimum Gasteiger partial charge on any atom is -0.494 e. The van der Waals surface area contributed by atoms with E-state index in [0.717, 1.165) is 37.5 Å². The van der Waals surface area contributed by atoms with Gasteiger partial charge in [-0.3, -0.25) is 10.1 Å². The molecule has 0 aromatic heterocycles. The fourth-order valence-corrected chi connectivity index (χ4v) is 5.35. The van der Waals surface area contributed by atoms with Crippen molar-refractivity contribution in [2.45, 2.75) is 66.0 Å². The van der Waals surface area contributed by atoms with Gasteiger partial charge in [0, 0.05) is 30.4 Å². The lowest BCUT2D eigenvalue weighted by Crippen LogP contribution is -2.38. The fraction of sp³-hybridized carbons (Fsp3) is 0.432. The summed E-state index contributed by atoms with van der Waals surface area (Å²) in [5.74, 6) is 1.15. The van der Waals surface area contributed by atoms with Gasteiger partial charge in [-0.25, -0.2) is 9.59 Å². The Morgan fingerprint density at radius 1 is 0.894 bits per heavy atom. The van der Waals surface area contributed by atoms with Gasteiger partial charge in [0.15, 0.2) is 0 Å². The summed E-state index contributed by atoms with van der Waals surface area (Å²) in [6.45, 7) is 14.3. The number of carbonyl (C=O) groups is 3. The van der Waals surface area contributed by atoms with Crippen LogP contribution in [0.3, 0.4) is 0 Å². The van der Waals surface area contributed by atoms with Crippen molar-refractivity contribution in [1.29, 1.82) is 0 Å². The lowest BCUT2D eigenvalue weighted by atomic mass is 9.99. The number of rotatable bonds is 12. The number of anilines is 3. The molecule has 3 aromatic rings. The molecule has 0 aliphatic carbocycles. The fourth-order valence-electron chi connectivity index (χ4n) is 5.35. The van der Waals surface area contributed by atoms with Gasteiger partial charge in [-0.1, -0.05) is 37.3 Å². The quantitative estimate of drug-likeness (QED) is 0.185. The molecule has 1 aliphatic rings. The van der Waals surface area contributed by atoms with Gasteiger partial charge in [0.25, 0.3) is 5.91 Å². The molecular formula is C37H49N5O5. The Hall–Kier alpha value is -4.57. The molecule has 47 heavy (non-hydrogen) atoms. The van der Waals surface area contributed by atoms with Crippen molar-refractivity contribution in [3.8, 4) is 5.75 Å². The van der Waals surface area contributed by atoms with Crippen LogP contribution < -0.4 is 20.7 Å². The average molecular weight is 644 g/mol. The van der Waals surface area contributed by atoms with Gasteiger partial charge in [0.05, 0.1) is 18.0 Å². The number of nitrogens with zero attached hydrogens (tertiary/aromatic N) is 2. The van der Waals surface area contributed by atoms with Crippen LogP contribution in [-0.4, -0.2) is 66.2 Å². The highest BCUT2D eigenvalue weighted by Gasteiger charge is 2.20. The van der Waals surface area contributed by atoms with Crippen molar-refractivity contribution in [3.63, 3.8) is 0 Å². The van der Waals surface area contributed by atoms with Crippen LogP contribution in [0.15, 0.2) is 72.8 Å². The first-order valence-corrected chi connectivity index (χ1v) is 16.5. The van der Waals surface area contributed by atoms with Crippen LogP contribution in [0, 0.1) is 5.92 Å². The number of hydrogen-bond acceptors (Lipinski definition) is 6. The maximum absolute atomic E-state index is 13.5. The van der Waals surface area contributed by atoms with E-state index in [4.69, 9.17) is 9.47 Å². The van der Waals surface area contributed by atoms with Crippen LogP contribution in [0.5, 0.6) is 5.75 Å². The minimum absolute atomic E-state index is 0.193. The van der Waals surface area contributed by atoms with E-state index in [9.17, 15) is 14.4 Å². The highest BCUT2D eigenvalue weighted by molar-refractivity contribution is 6.06. The molecule has 4 amide bonds. The number of urea groups is 1. The van der Waals surface area contributed by atoms with E-state index < -0.39 is 11.7 Å². The first kappa shape index (κ1) is 35.3. The first-order valence-electron chi connectivity index (χ1n) is 16.5. The molecule has 4 rings (SSSR count).